The van der Waals surface area contributed by atoms with E-state index in [4.69, 9.17) is 21.1 Å². The molecule has 3 heterocycles. The average Bonchev–Trinajstić information content (AvgIpc) is 3.30. The first kappa shape index (κ1) is 25.4. The van der Waals surface area contributed by atoms with E-state index in [2.05, 4.69) is 55.1 Å². The highest BCUT2D eigenvalue weighted by Gasteiger charge is 2.19. The standard InChI is InChI=1S/C27H28ClN7O3/c1-4-23(36)30-17-6-5-7-19(14-17)38-26-24-20(28)16-29-25(24)32-27(33-26)31-21-9-8-18(15-22(21)37-3)35-12-10-34(2)11-13-35/h4-9,14-16H,1,10-13H2,2-3H3,(H,30,36)(H2,29,31,32,33). The van der Waals surface area contributed by atoms with Crippen LogP contribution in [0.3, 0.4) is 0 Å². The maximum absolute atomic E-state index is 11.7. The van der Waals surface area contributed by atoms with E-state index in [0.717, 1.165) is 31.9 Å². The summed E-state index contributed by atoms with van der Waals surface area (Å²) in [7, 11) is 3.77. The number of amides is 1. The molecule has 2 aromatic carbocycles. The van der Waals surface area contributed by atoms with Crippen molar-refractivity contribution in [2.24, 2.45) is 0 Å². The van der Waals surface area contributed by atoms with Gasteiger partial charge >= 0.3 is 0 Å². The third-order valence-electron chi connectivity index (χ3n) is 6.25. The Hall–Kier alpha value is -4.28. The van der Waals surface area contributed by atoms with Gasteiger partial charge in [-0.05, 0) is 37.4 Å². The fourth-order valence-corrected chi connectivity index (χ4v) is 4.43. The molecule has 1 saturated heterocycles. The van der Waals surface area contributed by atoms with Crippen LogP contribution in [0.1, 0.15) is 0 Å². The number of hydrogen-bond acceptors (Lipinski definition) is 8. The number of nitrogens with zero attached hydrogens (tertiary/aromatic N) is 4. The molecule has 1 amide bonds. The van der Waals surface area contributed by atoms with Crippen molar-refractivity contribution in [1.29, 1.82) is 0 Å². The largest absolute Gasteiger partial charge is 0.494 e. The van der Waals surface area contributed by atoms with Crippen LogP contribution in [-0.2, 0) is 4.79 Å². The number of fused-ring (bicyclic) bond motifs is 1. The molecule has 11 heteroatoms. The monoisotopic (exact) mass is 533 g/mol. The summed E-state index contributed by atoms with van der Waals surface area (Å²) < 4.78 is 11.8. The maximum Gasteiger partial charge on any atom is 0.247 e. The molecule has 5 rings (SSSR count). The van der Waals surface area contributed by atoms with Gasteiger partial charge in [0.2, 0.25) is 17.7 Å². The first-order valence-electron chi connectivity index (χ1n) is 12.1. The minimum Gasteiger partial charge on any atom is -0.494 e. The number of carbonyl (C=O) groups is 1. The maximum atomic E-state index is 11.7. The Morgan fingerprint density at radius 3 is 2.74 bits per heavy atom. The van der Waals surface area contributed by atoms with Crippen molar-refractivity contribution in [3.8, 4) is 17.4 Å². The number of ether oxygens (including phenoxy) is 2. The molecule has 0 bridgehead atoms. The predicted octanol–water partition coefficient (Wildman–Crippen LogP) is 5.03. The number of rotatable bonds is 8. The highest BCUT2D eigenvalue weighted by Crippen LogP contribution is 2.36. The number of likely N-dealkylation sites (N-methyl/N-ethyl adjacent to an activating group) is 1. The molecule has 0 spiro atoms. The lowest BCUT2D eigenvalue weighted by Gasteiger charge is -2.34. The molecule has 0 saturated carbocycles. The van der Waals surface area contributed by atoms with Gasteiger partial charge in [0.15, 0.2) is 0 Å². The Labute approximate surface area is 225 Å². The van der Waals surface area contributed by atoms with Gasteiger partial charge in [-0.2, -0.15) is 9.97 Å². The zero-order valence-electron chi connectivity index (χ0n) is 21.1. The normalized spacial score (nSPS) is 13.8. The van der Waals surface area contributed by atoms with Crippen LogP contribution in [0.15, 0.2) is 61.3 Å². The first-order valence-corrected chi connectivity index (χ1v) is 12.5. The average molecular weight is 534 g/mol. The van der Waals surface area contributed by atoms with E-state index in [1.54, 1.807) is 37.6 Å². The molecule has 38 heavy (non-hydrogen) atoms. The summed E-state index contributed by atoms with van der Waals surface area (Å²) in [6.45, 7) is 7.42. The molecule has 1 aliphatic rings. The summed E-state index contributed by atoms with van der Waals surface area (Å²) in [6, 6.07) is 13.0. The summed E-state index contributed by atoms with van der Waals surface area (Å²) in [5.74, 6) is 1.36. The highest BCUT2D eigenvalue weighted by molar-refractivity contribution is 6.35. The summed E-state index contributed by atoms with van der Waals surface area (Å²) in [5, 5.41) is 6.92. The Bertz CT molecular complexity index is 1480. The van der Waals surface area contributed by atoms with Crippen molar-refractivity contribution in [3.63, 3.8) is 0 Å². The molecule has 0 unspecified atom stereocenters. The lowest BCUT2D eigenvalue weighted by Crippen LogP contribution is -2.44. The van der Waals surface area contributed by atoms with Crippen molar-refractivity contribution < 1.29 is 14.3 Å². The number of methoxy groups -OCH3 is 1. The number of benzene rings is 2. The van der Waals surface area contributed by atoms with E-state index in [1.807, 2.05) is 12.1 Å². The van der Waals surface area contributed by atoms with Crippen LogP contribution in [0, 0.1) is 0 Å². The van der Waals surface area contributed by atoms with E-state index in [1.165, 1.54) is 6.08 Å². The number of halogens is 1. The van der Waals surface area contributed by atoms with Crippen molar-refractivity contribution in [2.75, 3.05) is 55.9 Å². The summed E-state index contributed by atoms with van der Waals surface area (Å²) in [4.78, 5) is 28.6. The number of anilines is 4. The van der Waals surface area contributed by atoms with E-state index in [0.29, 0.717) is 44.9 Å². The van der Waals surface area contributed by atoms with E-state index >= 15 is 0 Å². The molecule has 1 fully saturated rings. The van der Waals surface area contributed by atoms with Crippen LogP contribution in [-0.4, -0.2) is 66.1 Å². The van der Waals surface area contributed by atoms with Gasteiger partial charge in [-0.15, -0.1) is 0 Å². The second kappa shape index (κ2) is 11.0. The number of H-pyrrole nitrogens is 1. The smallest absolute Gasteiger partial charge is 0.247 e. The predicted molar refractivity (Wildman–Crippen MR) is 150 cm³/mol. The fraction of sp³-hybridized carbons (Fsp3) is 0.222. The molecular formula is C27H28ClN7O3. The minimum atomic E-state index is -0.320. The molecule has 0 aliphatic carbocycles. The Morgan fingerprint density at radius 2 is 1.97 bits per heavy atom. The van der Waals surface area contributed by atoms with Crippen LogP contribution >= 0.6 is 11.6 Å². The van der Waals surface area contributed by atoms with Gasteiger partial charge in [-0.1, -0.05) is 24.2 Å². The number of carbonyl (C=O) groups excluding carboxylic acids is 1. The van der Waals surface area contributed by atoms with Crippen molar-refractivity contribution in [1.82, 2.24) is 19.9 Å². The number of hydrogen-bond donors (Lipinski definition) is 3. The second-order valence-electron chi connectivity index (χ2n) is 8.84. The number of nitrogens with one attached hydrogen (secondary N) is 3. The topological polar surface area (TPSA) is 108 Å². The van der Waals surface area contributed by atoms with Gasteiger partial charge in [0, 0.05) is 55.9 Å². The molecule has 0 radical (unpaired) electrons. The molecule has 3 N–H and O–H groups in total. The van der Waals surface area contributed by atoms with E-state index < -0.39 is 0 Å². The lowest BCUT2D eigenvalue weighted by molar-refractivity contribution is -0.111. The number of aromatic amines is 1. The molecule has 2 aromatic heterocycles. The SMILES string of the molecule is C=CC(=O)Nc1cccc(Oc2nc(Nc3ccc(N4CCN(C)CC4)cc3OC)nc3[nH]cc(Cl)c23)c1. The van der Waals surface area contributed by atoms with Gasteiger partial charge in [0.25, 0.3) is 0 Å². The van der Waals surface area contributed by atoms with Crippen molar-refractivity contribution in [2.45, 2.75) is 0 Å². The highest BCUT2D eigenvalue weighted by atomic mass is 35.5. The van der Waals surface area contributed by atoms with Crippen LogP contribution in [0.25, 0.3) is 11.0 Å². The van der Waals surface area contributed by atoms with Crippen LogP contribution in [0.5, 0.6) is 17.4 Å². The zero-order valence-corrected chi connectivity index (χ0v) is 21.9. The van der Waals surface area contributed by atoms with Gasteiger partial charge in [-0.25, -0.2) is 0 Å². The Morgan fingerprint density at radius 1 is 1.16 bits per heavy atom. The summed E-state index contributed by atoms with van der Waals surface area (Å²) >= 11 is 6.42. The Kier molecular flexibility index (Phi) is 7.34. The molecule has 10 nitrogen and oxygen atoms in total. The molecule has 0 atom stereocenters. The number of piperazine rings is 1. The first-order chi connectivity index (χ1) is 18.4. The fourth-order valence-electron chi connectivity index (χ4n) is 4.20. The van der Waals surface area contributed by atoms with Crippen LogP contribution < -0.4 is 25.0 Å². The van der Waals surface area contributed by atoms with Crippen LogP contribution in [0.4, 0.5) is 23.0 Å². The lowest BCUT2D eigenvalue weighted by atomic mass is 10.2. The molecule has 1 aliphatic heterocycles. The van der Waals surface area contributed by atoms with Gasteiger partial charge in [0.05, 0.1) is 17.8 Å². The van der Waals surface area contributed by atoms with Crippen molar-refractivity contribution in [3.05, 3.63) is 66.3 Å². The second-order valence-corrected chi connectivity index (χ2v) is 9.24. The zero-order chi connectivity index (χ0) is 26.6. The van der Waals surface area contributed by atoms with Crippen LogP contribution in [0.2, 0.25) is 5.02 Å². The quantitative estimate of drug-likeness (QED) is 0.271. The minimum absolute atomic E-state index is 0.254. The van der Waals surface area contributed by atoms with Gasteiger partial charge in [-0.3, -0.25) is 4.79 Å². The van der Waals surface area contributed by atoms with E-state index in [-0.39, 0.29) is 11.8 Å². The molecular weight excluding hydrogens is 506 g/mol. The molecule has 196 valence electrons. The third kappa shape index (κ3) is 5.51. The molecule has 4 aromatic rings. The van der Waals surface area contributed by atoms with Gasteiger partial charge in [0.1, 0.15) is 22.5 Å². The van der Waals surface area contributed by atoms with E-state index in [9.17, 15) is 4.79 Å². The number of aromatic nitrogens is 3. The van der Waals surface area contributed by atoms with Gasteiger partial charge < -0.3 is 34.9 Å². The third-order valence-corrected chi connectivity index (χ3v) is 6.55. The Balaban J connectivity index is 1.43. The summed E-state index contributed by atoms with van der Waals surface area (Å²) in [6.07, 6.45) is 2.83. The summed E-state index contributed by atoms with van der Waals surface area (Å²) in [5.41, 5.74) is 2.87. The van der Waals surface area contributed by atoms with Crippen molar-refractivity contribution >= 4 is 51.6 Å².